The first-order valence-electron chi connectivity index (χ1n) is 6.75. The second-order valence-electron chi connectivity index (χ2n) is 5.01. The SMILES string of the molecule is CCCNC(CN1C[C@@H](C)O[C@@H](C)C1)C(=O)OC. The van der Waals surface area contributed by atoms with E-state index in [2.05, 4.69) is 31.0 Å². The molecule has 0 saturated carbocycles. The molecule has 0 amide bonds. The molecule has 18 heavy (non-hydrogen) atoms. The molecule has 0 spiro atoms. The van der Waals surface area contributed by atoms with Crippen LogP contribution in [0.15, 0.2) is 0 Å². The molecule has 0 aromatic heterocycles. The normalized spacial score (nSPS) is 26.9. The third-order valence-corrected chi connectivity index (χ3v) is 3.06. The molecular weight excluding hydrogens is 232 g/mol. The van der Waals surface area contributed by atoms with Gasteiger partial charge in [-0.1, -0.05) is 6.92 Å². The lowest BCUT2D eigenvalue weighted by molar-refractivity contribution is -0.144. The van der Waals surface area contributed by atoms with Crippen LogP contribution in [-0.4, -0.2) is 62.4 Å². The van der Waals surface area contributed by atoms with Crippen LogP contribution >= 0.6 is 0 Å². The highest BCUT2D eigenvalue weighted by Gasteiger charge is 2.27. The fraction of sp³-hybridized carbons (Fsp3) is 0.923. The van der Waals surface area contributed by atoms with E-state index < -0.39 is 0 Å². The first-order valence-corrected chi connectivity index (χ1v) is 6.75. The molecule has 0 aromatic carbocycles. The highest BCUT2D eigenvalue weighted by Crippen LogP contribution is 2.11. The number of nitrogens with one attached hydrogen (secondary N) is 1. The number of rotatable bonds is 6. The van der Waals surface area contributed by atoms with E-state index in [1.54, 1.807) is 0 Å². The number of methoxy groups -OCH3 is 1. The molecular formula is C13H26N2O3. The van der Waals surface area contributed by atoms with Crippen molar-refractivity contribution in [1.82, 2.24) is 10.2 Å². The third-order valence-electron chi connectivity index (χ3n) is 3.06. The van der Waals surface area contributed by atoms with Gasteiger partial charge in [0, 0.05) is 19.6 Å². The van der Waals surface area contributed by atoms with Crippen molar-refractivity contribution < 1.29 is 14.3 Å². The summed E-state index contributed by atoms with van der Waals surface area (Å²) in [6.07, 6.45) is 1.44. The standard InChI is InChI=1S/C13H26N2O3/c1-5-6-14-12(13(16)17-4)9-15-7-10(2)18-11(3)8-15/h10-12,14H,5-9H2,1-4H3/t10-,11+,12?. The Morgan fingerprint density at radius 2 is 2.06 bits per heavy atom. The lowest BCUT2D eigenvalue weighted by Gasteiger charge is -2.36. The van der Waals surface area contributed by atoms with Gasteiger partial charge >= 0.3 is 5.97 Å². The van der Waals surface area contributed by atoms with Crippen LogP contribution in [0.5, 0.6) is 0 Å². The maximum atomic E-state index is 11.7. The Morgan fingerprint density at radius 3 is 2.56 bits per heavy atom. The molecule has 0 aliphatic carbocycles. The molecule has 1 heterocycles. The van der Waals surface area contributed by atoms with Crippen LogP contribution < -0.4 is 5.32 Å². The highest BCUT2D eigenvalue weighted by atomic mass is 16.5. The molecule has 0 aromatic rings. The number of carbonyl (C=O) groups excluding carboxylic acids is 1. The number of carbonyl (C=O) groups is 1. The van der Waals surface area contributed by atoms with Gasteiger partial charge in [0.05, 0.1) is 19.3 Å². The maximum absolute atomic E-state index is 11.7. The summed E-state index contributed by atoms with van der Waals surface area (Å²) >= 11 is 0. The van der Waals surface area contributed by atoms with Crippen molar-refractivity contribution in [3.05, 3.63) is 0 Å². The van der Waals surface area contributed by atoms with E-state index in [0.29, 0.717) is 6.54 Å². The van der Waals surface area contributed by atoms with Gasteiger partial charge in [-0.05, 0) is 26.8 Å². The zero-order valence-electron chi connectivity index (χ0n) is 11.9. The molecule has 5 nitrogen and oxygen atoms in total. The van der Waals surface area contributed by atoms with Gasteiger partial charge in [-0.2, -0.15) is 0 Å². The Labute approximate surface area is 110 Å². The van der Waals surface area contributed by atoms with Gasteiger partial charge in [0.25, 0.3) is 0 Å². The van der Waals surface area contributed by atoms with E-state index in [1.165, 1.54) is 7.11 Å². The van der Waals surface area contributed by atoms with Crippen LogP contribution in [-0.2, 0) is 14.3 Å². The molecule has 3 atom stereocenters. The van der Waals surface area contributed by atoms with Crippen LogP contribution in [0, 0.1) is 0 Å². The minimum absolute atomic E-state index is 0.185. The Morgan fingerprint density at radius 1 is 1.44 bits per heavy atom. The van der Waals surface area contributed by atoms with Gasteiger partial charge in [0.1, 0.15) is 6.04 Å². The minimum atomic E-state index is -0.243. The Kier molecular flexibility index (Phi) is 6.60. The average Bonchev–Trinajstić information content (AvgIpc) is 2.32. The molecule has 5 heteroatoms. The van der Waals surface area contributed by atoms with E-state index in [9.17, 15) is 4.79 Å². The molecule has 0 radical (unpaired) electrons. The molecule has 1 rings (SSSR count). The van der Waals surface area contributed by atoms with Crippen LogP contribution in [0.3, 0.4) is 0 Å². The van der Waals surface area contributed by atoms with Gasteiger partial charge < -0.3 is 14.8 Å². The summed E-state index contributed by atoms with van der Waals surface area (Å²) in [5.41, 5.74) is 0. The topological polar surface area (TPSA) is 50.8 Å². The van der Waals surface area contributed by atoms with Gasteiger partial charge in [0.15, 0.2) is 0 Å². The summed E-state index contributed by atoms with van der Waals surface area (Å²) in [5.74, 6) is -0.185. The van der Waals surface area contributed by atoms with Gasteiger partial charge in [-0.25, -0.2) is 0 Å². The van der Waals surface area contributed by atoms with Crippen molar-refractivity contribution in [1.29, 1.82) is 0 Å². The molecule has 106 valence electrons. The van der Waals surface area contributed by atoms with Gasteiger partial charge in [0.2, 0.25) is 0 Å². The first-order chi connectivity index (χ1) is 8.56. The van der Waals surface area contributed by atoms with Gasteiger partial charge in [-0.15, -0.1) is 0 Å². The summed E-state index contributed by atoms with van der Waals surface area (Å²) in [7, 11) is 1.44. The summed E-state index contributed by atoms with van der Waals surface area (Å²) in [4.78, 5) is 14.0. The Bertz CT molecular complexity index is 251. The molecule has 1 aliphatic rings. The number of esters is 1. The molecule has 1 unspecified atom stereocenters. The first kappa shape index (κ1) is 15.4. The van der Waals surface area contributed by atoms with Crippen LogP contribution in [0.2, 0.25) is 0 Å². The smallest absolute Gasteiger partial charge is 0.324 e. The fourth-order valence-electron chi connectivity index (χ4n) is 2.37. The number of nitrogens with zero attached hydrogens (tertiary/aromatic N) is 1. The van der Waals surface area contributed by atoms with Crippen LogP contribution in [0.25, 0.3) is 0 Å². The summed E-state index contributed by atoms with van der Waals surface area (Å²) in [5, 5.41) is 3.24. The summed E-state index contributed by atoms with van der Waals surface area (Å²) in [6, 6.07) is -0.243. The number of hydrogen-bond donors (Lipinski definition) is 1. The molecule has 1 N–H and O–H groups in total. The van der Waals surface area contributed by atoms with E-state index >= 15 is 0 Å². The summed E-state index contributed by atoms with van der Waals surface area (Å²) in [6.45, 7) is 9.46. The van der Waals surface area contributed by atoms with Crippen LogP contribution in [0.4, 0.5) is 0 Å². The van der Waals surface area contributed by atoms with Crippen molar-refractivity contribution in [2.24, 2.45) is 0 Å². The van der Waals surface area contributed by atoms with Crippen molar-refractivity contribution in [2.75, 3.05) is 33.3 Å². The Balaban J connectivity index is 2.50. The van der Waals surface area contributed by atoms with E-state index in [-0.39, 0.29) is 24.2 Å². The monoisotopic (exact) mass is 258 g/mol. The third kappa shape index (κ3) is 4.92. The number of hydrogen-bond acceptors (Lipinski definition) is 5. The molecule has 1 fully saturated rings. The second kappa shape index (κ2) is 7.71. The lowest BCUT2D eigenvalue weighted by atomic mass is 10.2. The van der Waals surface area contributed by atoms with Gasteiger partial charge in [-0.3, -0.25) is 9.69 Å². The van der Waals surface area contributed by atoms with E-state index in [1.807, 2.05) is 0 Å². The quantitative estimate of drug-likeness (QED) is 0.708. The zero-order valence-corrected chi connectivity index (χ0v) is 11.9. The van der Waals surface area contributed by atoms with Crippen LogP contribution in [0.1, 0.15) is 27.2 Å². The zero-order chi connectivity index (χ0) is 13.5. The largest absolute Gasteiger partial charge is 0.468 e. The molecule has 0 bridgehead atoms. The number of ether oxygens (including phenoxy) is 2. The number of morpholine rings is 1. The Hall–Kier alpha value is -0.650. The van der Waals surface area contributed by atoms with E-state index in [0.717, 1.165) is 26.1 Å². The van der Waals surface area contributed by atoms with E-state index in [4.69, 9.17) is 9.47 Å². The predicted molar refractivity (Wildman–Crippen MR) is 70.5 cm³/mol. The second-order valence-corrected chi connectivity index (χ2v) is 5.01. The minimum Gasteiger partial charge on any atom is -0.468 e. The molecule has 1 saturated heterocycles. The van der Waals surface area contributed by atoms with Crippen molar-refractivity contribution in [2.45, 2.75) is 45.4 Å². The van der Waals surface area contributed by atoms with Crippen molar-refractivity contribution in [3.63, 3.8) is 0 Å². The molecule has 1 aliphatic heterocycles. The summed E-state index contributed by atoms with van der Waals surface area (Å²) < 4.78 is 10.5. The predicted octanol–water partition coefficient (Wildman–Crippen LogP) is 0.637. The fourth-order valence-corrected chi connectivity index (χ4v) is 2.37. The average molecular weight is 258 g/mol. The van der Waals surface area contributed by atoms with Crippen molar-refractivity contribution in [3.8, 4) is 0 Å². The highest BCUT2D eigenvalue weighted by molar-refractivity contribution is 5.75. The van der Waals surface area contributed by atoms with Crippen molar-refractivity contribution >= 4 is 5.97 Å². The lowest BCUT2D eigenvalue weighted by Crippen LogP contribution is -2.53. The maximum Gasteiger partial charge on any atom is 0.324 e.